The lowest BCUT2D eigenvalue weighted by atomic mass is 9.64. The molecule has 2 heteroatoms. The van der Waals surface area contributed by atoms with Gasteiger partial charge in [-0.05, 0) is 76.7 Å². The van der Waals surface area contributed by atoms with Crippen molar-refractivity contribution < 1.29 is 0 Å². The summed E-state index contributed by atoms with van der Waals surface area (Å²) in [6.45, 7) is 6.30. The van der Waals surface area contributed by atoms with E-state index in [1.165, 1.54) is 70.1 Å². The van der Waals surface area contributed by atoms with Crippen LogP contribution >= 0.6 is 0 Å². The number of unbranched alkanes of at least 4 members (excludes halogenated alkanes) is 1. The van der Waals surface area contributed by atoms with E-state index in [0.717, 1.165) is 0 Å². The molecular formula is C21H34N2. The van der Waals surface area contributed by atoms with Crippen molar-refractivity contribution in [3.05, 3.63) is 35.9 Å². The van der Waals surface area contributed by atoms with Crippen LogP contribution in [0.3, 0.4) is 0 Å². The lowest BCUT2D eigenvalue weighted by Gasteiger charge is -2.49. The van der Waals surface area contributed by atoms with Crippen LogP contribution in [0.15, 0.2) is 30.3 Å². The lowest BCUT2D eigenvalue weighted by Crippen LogP contribution is -2.47. The zero-order chi connectivity index (χ0) is 16.3. The zero-order valence-corrected chi connectivity index (χ0v) is 15.4. The fourth-order valence-corrected chi connectivity index (χ4v) is 4.94. The van der Waals surface area contributed by atoms with Crippen molar-refractivity contribution >= 4 is 0 Å². The average molecular weight is 315 g/mol. The molecule has 1 saturated heterocycles. The molecule has 0 unspecified atom stereocenters. The fourth-order valence-electron chi connectivity index (χ4n) is 4.94. The van der Waals surface area contributed by atoms with Crippen molar-refractivity contribution in [2.75, 3.05) is 33.7 Å². The number of hydrogen-bond acceptors (Lipinski definition) is 2. The molecule has 0 radical (unpaired) electrons. The Morgan fingerprint density at radius 2 is 1.70 bits per heavy atom. The van der Waals surface area contributed by atoms with Gasteiger partial charge in [0.15, 0.2) is 0 Å². The summed E-state index contributed by atoms with van der Waals surface area (Å²) >= 11 is 0. The normalized spacial score (nSPS) is 32.0. The molecule has 1 aromatic rings. The topological polar surface area (TPSA) is 6.48 Å². The highest BCUT2D eigenvalue weighted by molar-refractivity contribution is 5.26. The van der Waals surface area contributed by atoms with Crippen molar-refractivity contribution in [3.8, 4) is 0 Å². The minimum Gasteiger partial charge on any atom is -0.303 e. The molecule has 1 heterocycles. The molecule has 2 aliphatic rings. The molecule has 3 rings (SSSR count). The molecular weight excluding hydrogens is 280 g/mol. The van der Waals surface area contributed by atoms with Crippen LogP contribution in [0, 0.1) is 5.41 Å². The van der Waals surface area contributed by atoms with Gasteiger partial charge in [-0.2, -0.15) is 0 Å². The number of likely N-dealkylation sites (tertiary alicyclic amines) is 1. The van der Waals surface area contributed by atoms with Crippen LogP contribution in [0.25, 0.3) is 0 Å². The molecule has 1 saturated carbocycles. The Kier molecular flexibility index (Phi) is 5.13. The summed E-state index contributed by atoms with van der Waals surface area (Å²) in [4.78, 5) is 5.22. The van der Waals surface area contributed by atoms with E-state index in [-0.39, 0.29) is 5.54 Å². The SMILES string of the molecule is CCCCN1CCC2(CCC(c3ccccc3)(N(C)C)CC2)C1. The highest BCUT2D eigenvalue weighted by atomic mass is 15.2. The highest BCUT2D eigenvalue weighted by Crippen LogP contribution is 2.51. The van der Waals surface area contributed by atoms with Gasteiger partial charge in [0.1, 0.15) is 0 Å². The summed E-state index contributed by atoms with van der Waals surface area (Å²) in [5.74, 6) is 0. The maximum Gasteiger partial charge on any atom is 0.0455 e. The van der Waals surface area contributed by atoms with Gasteiger partial charge in [0, 0.05) is 12.1 Å². The third-order valence-corrected chi connectivity index (χ3v) is 6.65. The van der Waals surface area contributed by atoms with Crippen LogP contribution in [-0.2, 0) is 5.54 Å². The van der Waals surface area contributed by atoms with Crippen LogP contribution in [0.4, 0.5) is 0 Å². The van der Waals surface area contributed by atoms with Crippen LogP contribution in [0.1, 0.15) is 57.4 Å². The molecule has 0 aromatic heterocycles. The van der Waals surface area contributed by atoms with Crippen molar-refractivity contribution in [3.63, 3.8) is 0 Å². The summed E-state index contributed by atoms with van der Waals surface area (Å²) in [7, 11) is 4.54. The maximum atomic E-state index is 2.73. The standard InChI is InChI=1S/C21H34N2/c1-4-5-16-23-17-15-20(18-23)11-13-21(14-12-20,22(2)3)19-9-7-6-8-10-19/h6-10H,4-5,11-18H2,1-3H3. The first-order chi connectivity index (χ1) is 11.1. The van der Waals surface area contributed by atoms with E-state index in [4.69, 9.17) is 0 Å². The second-order valence-electron chi connectivity index (χ2n) is 8.17. The first-order valence-corrected chi connectivity index (χ1v) is 9.56. The summed E-state index contributed by atoms with van der Waals surface area (Å²) in [6, 6.07) is 11.2. The smallest absolute Gasteiger partial charge is 0.0455 e. The van der Waals surface area contributed by atoms with Crippen molar-refractivity contribution in [2.24, 2.45) is 5.41 Å². The minimum atomic E-state index is 0.253. The summed E-state index contributed by atoms with van der Waals surface area (Å²) in [5, 5.41) is 0. The lowest BCUT2D eigenvalue weighted by molar-refractivity contribution is 0.0381. The van der Waals surface area contributed by atoms with Gasteiger partial charge in [0.2, 0.25) is 0 Å². The van der Waals surface area contributed by atoms with E-state index >= 15 is 0 Å². The molecule has 1 aromatic carbocycles. The molecule has 128 valence electrons. The van der Waals surface area contributed by atoms with Crippen molar-refractivity contribution in [1.29, 1.82) is 0 Å². The zero-order valence-electron chi connectivity index (χ0n) is 15.4. The first-order valence-electron chi connectivity index (χ1n) is 9.56. The Morgan fingerprint density at radius 3 is 2.30 bits per heavy atom. The molecule has 1 aliphatic heterocycles. The van der Waals surface area contributed by atoms with Gasteiger partial charge in [-0.15, -0.1) is 0 Å². The van der Waals surface area contributed by atoms with Gasteiger partial charge < -0.3 is 4.90 Å². The molecule has 23 heavy (non-hydrogen) atoms. The summed E-state index contributed by atoms with van der Waals surface area (Å²) < 4.78 is 0. The Hall–Kier alpha value is -0.860. The fraction of sp³-hybridized carbons (Fsp3) is 0.714. The second kappa shape index (κ2) is 6.94. The second-order valence-corrected chi connectivity index (χ2v) is 8.17. The van der Waals surface area contributed by atoms with E-state index in [1.54, 1.807) is 0 Å². The Balaban J connectivity index is 1.69. The largest absolute Gasteiger partial charge is 0.303 e. The number of nitrogens with zero attached hydrogens (tertiary/aromatic N) is 2. The first kappa shape index (κ1) is 17.0. The third-order valence-electron chi connectivity index (χ3n) is 6.65. The van der Waals surface area contributed by atoms with Gasteiger partial charge in [0.05, 0.1) is 0 Å². The van der Waals surface area contributed by atoms with Crippen LogP contribution in [0.5, 0.6) is 0 Å². The Morgan fingerprint density at radius 1 is 1.00 bits per heavy atom. The molecule has 0 atom stereocenters. The van der Waals surface area contributed by atoms with Gasteiger partial charge in [-0.25, -0.2) is 0 Å². The maximum absolute atomic E-state index is 2.73. The number of hydrogen-bond donors (Lipinski definition) is 0. The van der Waals surface area contributed by atoms with E-state index < -0.39 is 0 Å². The van der Waals surface area contributed by atoms with Crippen LogP contribution in [0.2, 0.25) is 0 Å². The van der Waals surface area contributed by atoms with Gasteiger partial charge in [0.25, 0.3) is 0 Å². The van der Waals surface area contributed by atoms with E-state index in [0.29, 0.717) is 5.41 Å². The summed E-state index contributed by atoms with van der Waals surface area (Å²) in [6.07, 6.45) is 9.51. The molecule has 0 N–H and O–H groups in total. The van der Waals surface area contributed by atoms with Crippen LogP contribution < -0.4 is 0 Å². The van der Waals surface area contributed by atoms with E-state index in [2.05, 4.69) is 61.2 Å². The van der Waals surface area contributed by atoms with E-state index in [1.807, 2.05) is 0 Å². The number of rotatable bonds is 5. The molecule has 0 bridgehead atoms. The predicted octanol–water partition coefficient (Wildman–Crippen LogP) is 4.51. The Bertz CT molecular complexity index is 486. The predicted molar refractivity (Wildman–Crippen MR) is 98.7 cm³/mol. The average Bonchev–Trinajstić information content (AvgIpc) is 2.97. The van der Waals surface area contributed by atoms with Gasteiger partial charge >= 0.3 is 0 Å². The van der Waals surface area contributed by atoms with Crippen molar-refractivity contribution in [2.45, 2.75) is 57.4 Å². The molecule has 2 nitrogen and oxygen atoms in total. The quantitative estimate of drug-likeness (QED) is 0.789. The van der Waals surface area contributed by atoms with Crippen molar-refractivity contribution in [1.82, 2.24) is 9.80 Å². The number of benzene rings is 1. The molecule has 1 aliphatic carbocycles. The third kappa shape index (κ3) is 3.34. The molecule has 1 spiro atoms. The van der Waals surface area contributed by atoms with Gasteiger partial charge in [-0.3, -0.25) is 4.90 Å². The molecule has 2 fully saturated rings. The minimum absolute atomic E-state index is 0.253. The summed E-state index contributed by atoms with van der Waals surface area (Å²) in [5.41, 5.74) is 2.38. The molecule has 0 amide bonds. The Labute approximate surface area is 142 Å². The monoisotopic (exact) mass is 314 g/mol. The van der Waals surface area contributed by atoms with Gasteiger partial charge in [-0.1, -0.05) is 43.7 Å². The van der Waals surface area contributed by atoms with E-state index in [9.17, 15) is 0 Å². The van der Waals surface area contributed by atoms with Crippen LogP contribution in [-0.4, -0.2) is 43.5 Å². The highest BCUT2D eigenvalue weighted by Gasteiger charge is 2.47.